The van der Waals surface area contributed by atoms with E-state index in [1.165, 1.54) is 18.5 Å². The molecule has 3 rings (SSSR count). The van der Waals surface area contributed by atoms with Gasteiger partial charge in [0.05, 0.1) is 15.8 Å². The number of hydrogen-bond acceptors (Lipinski definition) is 5. The van der Waals surface area contributed by atoms with Gasteiger partial charge in [-0.05, 0) is 31.0 Å². The number of nitrogens with one attached hydrogen (secondary N) is 1. The van der Waals surface area contributed by atoms with Gasteiger partial charge in [0.1, 0.15) is 0 Å². The molecular weight excluding hydrogens is 369 g/mol. The molecule has 1 saturated heterocycles. The second-order valence-corrected chi connectivity index (χ2v) is 8.92. The van der Waals surface area contributed by atoms with Gasteiger partial charge in [-0.1, -0.05) is 6.07 Å². The molecule has 1 aromatic heterocycles. The zero-order valence-electron chi connectivity index (χ0n) is 14.1. The van der Waals surface area contributed by atoms with Crippen LogP contribution in [0.2, 0.25) is 0 Å². The molecule has 0 unspecified atom stereocenters. The van der Waals surface area contributed by atoms with E-state index in [-0.39, 0.29) is 12.1 Å². The molecule has 1 aliphatic rings. The minimum atomic E-state index is -4.44. The van der Waals surface area contributed by atoms with E-state index in [1.54, 1.807) is 6.07 Å². The summed E-state index contributed by atoms with van der Waals surface area (Å²) in [7, 11) is -3.34. The fourth-order valence-electron chi connectivity index (χ4n) is 3.16. The van der Waals surface area contributed by atoms with Gasteiger partial charge in [-0.15, -0.1) is 0 Å². The monoisotopic (exact) mass is 388 g/mol. The topological polar surface area (TPSA) is 68.3 Å². The van der Waals surface area contributed by atoms with Crippen LogP contribution < -0.4 is 5.32 Å². The van der Waals surface area contributed by atoms with Crippen molar-refractivity contribution in [3.05, 3.63) is 36.0 Å². The normalized spacial score (nSPS) is 18.0. The van der Waals surface area contributed by atoms with Crippen LogP contribution in [0.25, 0.3) is 10.9 Å². The van der Waals surface area contributed by atoms with Crippen LogP contribution in [0.15, 0.2) is 30.5 Å². The van der Waals surface area contributed by atoms with Gasteiger partial charge in [0.25, 0.3) is 0 Å². The Balaban J connectivity index is 1.91. The number of rotatable bonds is 4. The molecule has 0 aliphatic carbocycles. The van der Waals surface area contributed by atoms with Crippen molar-refractivity contribution >= 4 is 26.4 Å². The van der Waals surface area contributed by atoms with Crippen LogP contribution in [0.1, 0.15) is 18.4 Å². The number of sulfone groups is 1. The van der Waals surface area contributed by atoms with E-state index in [9.17, 15) is 21.6 Å². The zero-order chi connectivity index (χ0) is 19.0. The SMILES string of the molecule is CS(=O)(=O)C1(CNc2ccnc3cc(C(F)(F)F)ccc23)CCOCC1. The molecule has 9 heteroatoms. The highest BCUT2D eigenvalue weighted by Gasteiger charge is 2.42. The first kappa shape index (κ1) is 18.9. The molecule has 2 heterocycles. The lowest BCUT2D eigenvalue weighted by Crippen LogP contribution is -2.48. The molecule has 0 saturated carbocycles. The van der Waals surface area contributed by atoms with E-state index in [2.05, 4.69) is 10.3 Å². The Hall–Kier alpha value is -1.87. The number of anilines is 1. The van der Waals surface area contributed by atoms with Crippen LogP contribution in [0.3, 0.4) is 0 Å². The lowest BCUT2D eigenvalue weighted by atomic mass is 9.98. The molecule has 142 valence electrons. The summed E-state index contributed by atoms with van der Waals surface area (Å²) in [5.41, 5.74) is -0.0184. The maximum absolute atomic E-state index is 12.9. The molecular formula is C17H19F3N2O3S. The summed E-state index contributed by atoms with van der Waals surface area (Å²) < 4.78 is 67.6. The third-order valence-corrected chi connectivity index (χ3v) is 6.99. The molecule has 0 spiro atoms. The Labute approximate surface area is 149 Å². The predicted octanol–water partition coefficient (Wildman–Crippen LogP) is 3.26. The lowest BCUT2D eigenvalue weighted by molar-refractivity contribution is -0.137. The summed E-state index contributed by atoms with van der Waals surface area (Å²) in [6.45, 7) is 0.886. The molecule has 1 aliphatic heterocycles. The smallest absolute Gasteiger partial charge is 0.383 e. The minimum absolute atomic E-state index is 0.162. The Morgan fingerprint density at radius 2 is 1.92 bits per heavy atom. The minimum Gasteiger partial charge on any atom is -0.383 e. The quantitative estimate of drug-likeness (QED) is 0.871. The molecule has 0 radical (unpaired) electrons. The number of alkyl halides is 3. The molecule has 0 atom stereocenters. The highest BCUT2D eigenvalue weighted by Crippen LogP contribution is 2.34. The number of nitrogens with zero attached hydrogens (tertiary/aromatic N) is 1. The summed E-state index contributed by atoms with van der Waals surface area (Å²) in [4.78, 5) is 4.00. The Morgan fingerprint density at radius 1 is 1.23 bits per heavy atom. The zero-order valence-corrected chi connectivity index (χ0v) is 15.0. The molecule has 5 nitrogen and oxygen atoms in total. The summed E-state index contributed by atoms with van der Waals surface area (Å²) in [6, 6.07) is 4.97. The summed E-state index contributed by atoms with van der Waals surface area (Å²) in [5, 5.41) is 3.62. The van der Waals surface area contributed by atoms with Gasteiger partial charge < -0.3 is 10.1 Å². The highest BCUT2D eigenvalue weighted by molar-refractivity contribution is 7.92. The van der Waals surface area contributed by atoms with Gasteiger partial charge in [0.15, 0.2) is 9.84 Å². The van der Waals surface area contributed by atoms with Crippen LogP contribution in [0.4, 0.5) is 18.9 Å². The fraction of sp³-hybridized carbons (Fsp3) is 0.471. The molecule has 1 fully saturated rings. The number of halogens is 3. The Bertz CT molecular complexity index is 907. The van der Waals surface area contributed by atoms with Gasteiger partial charge >= 0.3 is 6.18 Å². The van der Waals surface area contributed by atoms with E-state index >= 15 is 0 Å². The van der Waals surface area contributed by atoms with Crippen molar-refractivity contribution in [3.63, 3.8) is 0 Å². The first-order valence-electron chi connectivity index (χ1n) is 8.10. The lowest BCUT2D eigenvalue weighted by Gasteiger charge is -2.35. The van der Waals surface area contributed by atoms with Gasteiger partial charge in [-0.2, -0.15) is 13.2 Å². The molecule has 0 amide bonds. The van der Waals surface area contributed by atoms with Crippen molar-refractivity contribution in [3.8, 4) is 0 Å². The van der Waals surface area contributed by atoms with E-state index in [0.29, 0.717) is 37.1 Å². The van der Waals surface area contributed by atoms with E-state index in [1.807, 2.05) is 0 Å². The first-order chi connectivity index (χ1) is 12.1. The maximum Gasteiger partial charge on any atom is 0.416 e. The molecule has 26 heavy (non-hydrogen) atoms. The van der Waals surface area contributed by atoms with Gasteiger partial charge in [0.2, 0.25) is 0 Å². The Kier molecular flexibility index (Phi) is 4.87. The van der Waals surface area contributed by atoms with Crippen LogP contribution in [-0.2, 0) is 20.8 Å². The van der Waals surface area contributed by atoms with Crippen LogP contribution in [0.5, 0.6) is 0 Å². The van der Waals surface area contributed by atoms with E-state index in [4.69, 9.17) is 4.74 Å². The standard InChI is InChI=1S/C17H19F3N2O3S/c1-26(23,24)16(5-8-25-9-6-16)11-22-14-4-7-21-15-10-12(17(18,19)20)2-3-13(14)15/h2-4,7,10H,5-6,8-9,11H2,1H3,(H,21,22). The first-order valence-corrected chi connectivity index (χ1v) is 9.99. The molecule has 0 bridgehead atoms. The number of hydrogen-bond donors (Lipinski definition) is 1. The van der Waals surface area contributed by atoms with Crippen molar-refractivity contribution in [2.45, 2.75) is 23.8 Å². The largest absolute Gasteiger partial charge is 0.416 e. The third kappa shape index (κ3) is 3.64. The predicted molar refractivity (Wildman–Crippen MR) is 92.9 cm³/mol. The van der Waals surface area contributed by atoms with Crippen molar-refractivity contribution in [2.24, 2.45) is 0 Å². The summed E-state index contributed by atoms with van der Waals surface area (Å²) in [5.74, 6) is 0. The third-order valence-electron chi connectivity index (χ3n) is 4.86. The summed E-state index contributed by atoms with van der Waals surface area (Å²) >= 11 is 0. The van der Waals surface area contributed by atoms with Crippen LogP contribution in [-0.4, -0.2) is 44.2 Å². The van der Waals surface area contributed by atoms with Crippen molar-refractivity contribution < 1.29 is 26.3 Å². The maximum atomic E-state index is 12.9. The number of pyridine rings is 1. The van der Waals surface area contributed by atoms with Crippen molar-refractivity contribution in [2.75, 3.05) is 31.3 Å². The van der Waals surface area contributed by atoms with Gasteiger partial charge in [-0.3, -0.25) is 4.98 Å². The van der Waals surface area contributed by atoms with E-state index < -0.39 is 26.3 Å². The van der Waals surface area contributed by atoms with Crippen molar-refractivity contribution in [1.82, 2.24) is 4.98 Å². The van der Waals surface area contributed by atoms with Gasteiger partial charge in [-0.25, -0.2) is 8.42 Å². The molecule has 2 aromatic rings. The number of aromatic nitrogens is 1. The second-order valence-electron chi connectivity index (χ2n) is 6.51. The fourth-order valence-corrected chi connectivity index (χ4v) is 4.40. The molecule has 1 N–H and O–H groups in total. The second kappa shape index (κ2) is 6.70. The van der Waals surface area contributed by atoms with E-state index in [0.717, 1.165) is 12.1 Å². The van der Waals surface area contributed by atoms with Gasteiger partial charge in [0, 0.05) is 43.3 Å². The van der Waals surface area contributed by atoms with Crippen molar-refractivity contribution in [1.29, 1.82) is 0 Å². The summed E-state index contributed by atoms with van der Waals surface area (Å²) in [6.07, 6.45) is -1.08. The van der Waals surface area contributed by atoms with Crippen LogP contribution >= 0.6 is 0 Å². The van der Waals surface area contributed by atoms with Crippen LogP contribution in [0, 0.1) is 0 Å². The Morgan fingerprint density at radius 3 is 2.54 bits per heavy atom. The highest BCUT2D eigenvalue weighted by atomic mass is 32.2. The molecule has 1 aromatic carbocycles. The number of ether oxygens (including phenoxy) is 1. The average Bonchev–Trinajstić information content (AvgIpc) is 2.58. The average molecular weight is 388 g/mol. The number of benzene rings is 1. The number of fused-ring (bicyclic) bond motifs is 1.